The number of carbonyl (C=O) groups excluding carboxylic acids is 2. The maximum absolute atomic E-state index is 13.9. The van der Waals surface area contributed by atoms with E-state index in [0.717, 1.165) is 45.4 Å². The van der Waals surface area contributed by atoms with Crippen LogP contribution in [0.15, 0.2) is 103 Å². The fourth-order valence-corrected chi connectivity index (χ4v) is 5.46. The molecule has 1 aliphatic heterocycles. The van der Waals surface area contributed by atoms with Crippen molar-refractivity contribution in [2.45, 2.75) is 25.2 Å². The number of nitrogens with zero attached hydrogens (tertiary/aromatic N) is 1. The van der Waals surface area contributed by atoms with Gasteiger partial charge in [-0.05, 0) is 48.4 Å². The van der Waals surface area contributed by atoms with Crippen LogP contribution in [0.3, 0.4) is 0 Å². The normalized spacial score (nSPS) is 15.8. The maximum atomic E-state index is 13.9. The lowest BCUT2D eigenvalue weighted by Crippen LogP contribution is -2.44. The number of halogens is 3. The zero-order valence-corrected chi connectivity index (χ0v) is 21.4. The minimum atomic E-state index is -4.55. The first-order chi connectivity index (χ1) is 19.2. The Morgan fingerprint density at radius 1 is 0.900 bits per heavy atom. The van der Waals surface area contributed by atoms with Crippen molar-refractivity contribution in [3.63, 3.8) is 0 Å². The van der Waals surface area contributed by atoms with Gasteiger partial charge in [0.25, 0.3) is 5.91 Å². The van der Waals surface area contributed by atoms with E-state index in [1.807, 2.05) is 66.7 Å². The lowest BCUT2D eigenvalue weighted by atomic mass is 9.92. The van der Waals surface area contributed by atoms with Crippen LogP contribution in [0.5, 0.6) is 0 Å². The largest absolute Gasteiger partial charge is 0.416 e. The Labute approximate surface area is 228 Å². The van der Waals surface area contributed by atoms with Crippen LogP contribution >= 0.6 is 0 Å². The van der Waals surface area contributed by atoms with Crippen molar-refractivity contribution in [2.24, 2.45) is 0 Å². The number of aromatic amines is 1. The zero-order valence-electron chi connectivity index (χ0n) is 21.4. The summed E-state index contributed by atoms with van der Waals surface area (Å²) in [7, 11) is 0. The van der Waals surface area contributed by atoms with E-state index in [-0.39, 0.29) is 11.6 Å². The number of H-pyrrole nitrogens is 1. The third-order valence-electron chi connectivity index (χ3n) is 7.33. The van der Waals surface area contributed by atoms with Crippen LogP contribution in [-0.4, -0.2) is 27.7 Å². The van der Waals surface area contributed by atoms with Gasteiger partial charge in [-0.15, -0.1) is 0 Å². The van der Waals surface area contributed by atoms with Crippen LogP contribution in [0.4, 0.5) is 18.9 Å². The lowest BCUT2D eigenvalue weighted by molar-refractivity contribution is -0.137. The summed E-state index contributed by atoms with van der Waals surface area (Å²) in [4.78, 5) is 32.4. The minimum Gasteiger partial charge on any atom is -0.354 e. The number of alkyl halides is 3. The van der Waals surface area contributed by atoms with Gasteiger partial charge >= 0.3 is 6.18 Å². The van der Waals surface area contributed by atoms with Gasteiger partial charge in [0.1, 0.15) is 6.04 Å². The zero-order chi connectivity index (χ0) is 28.0. The molecule has 1 aromatic heterocycles. The standard InChI is InChI=1S/C32H24F3N3O2/c1-19(30(39)36-22-13-9-12-21(18-22)32(33,34)35)38-29(23-14-5-6-15-24(23)31(38)40)27-25-16-7-8-17-26(25)37-28(27)20-10-3-2-4-11-20/h2-19,29,37H,1H3,(H,36,39). The molecule has 5 aromatic rings. The van der Waals surface area contributed by atoms with Gasteiger partial charge < -0.3 is 15.2 Å². The molecule has 0 aliphatic carbocycles. The van der Waals surface area contributed by atoms with E-state index >= 15 is 0 Å². The molecule has 200 valence electrons. The smallest absolute Gasteiger partial charge is 0.354 e. The molecule has 2 unspecified atom stereocenters. The third-order valence-corrected chi connectivity index (χ3v) is 7.33. The van der Waals surface area contributed by atoms with Crippen molar-refractivity contribution in [1.29, 1.82) is 0 Å². The van der Waals surface area contributed by atoms with Gasteiger partial charge in [-0.25, -0.2) is 0 Å². The van der Waals surface area contributed by atoms with E-state index in [9.17, 15) is 22.8 Å². The van der Waals surface area contributed by atoms with E-state index in [0.29, 0.717) is 5.56 Å². The van der Waals surface area contributed by atoms with Crippen LogP contribution < -0.4 is 5.32 Å². The van der Waals surface area contributed by atoms with Crippen LogP contribution in [0.1, 0.15) is 40.0 Å². The number of para-hydroxylation sites is 1. The van der Waals surface area contributed by atoms with Gasteiger partial charge in [0.05, 0.1) is 17.3 Å². The molecule has 0 fully saturated rings. The summed E-state index contributed by atoms with van der Waals surface area (Å²) in [6, 6.07) is 27.6. The van der Waals surface area contributed by atoms with E-state index in [1.165, 1.54) is 17.0 Å². The number of hydrogen-bond acceptors (Lipinski definition) is 2. The van der Waals surface area contributed by atoms with Crippen molar-refractivity contribution < 1.29 is 22.8 Å². The Bertz CT molecular complexity index is 1740. The summed E-state index contributed by atoms with van der Waals surface area (Å²) in [6.45, 7) is 1.59. The summed E-state index contributed by atoms with van der Waals surface area (Å²) >= 11 is 0. The maximum Gasteiger partial charge on any atom is 0.416 e. The molecule has 4 aromatic carbocycles. The summed E-state index contributed by atoms with van der Waals surface area (Å²) in [5.74, 6) is -0.914. The van der Waals surface area contributed by atoms with Gasteiger partial charge in [-0.1, -0.05) is 72.8 Å². The van der Waals surface area contributed by atoms with E-state index in [4.69, 9.17) is 0 Å². The average Bonchev–Trinajstić information content (AvgIpc) is 3.48. The number of anilines is 1. The second kappa shape index (κ2) is 9.72. The molecule has 0 bridgehead atoms. The van der Waals surface area contributed by atoms with E-state index < -0.39 is 29.7 Å². The Morgan fingerprint density at radius 3 is 2.38 bits per heavy atom. The van der Waals surface area contributed by atoms with Crippen LogP contribution in [0.25, 0.3) is 22.2 Å². The molecule has 2 amide bonds. The summed E-state index contributed by atoms with van der Waals surface area (Å²) < 4.78 is 39.8. The molecular formula is C32H24F3N3O2. The predicted molar refractivity (Wildman–Crippen MR) is 148 cm³/mol. The highest BCUT2D eigenvalue weighted by Crippen LogP contribution is 2.46. The van der Waals surface area contributed by atoms with Gasteiger partial charge in [0.15, 0.2) is 0 Å². The fraction of sp³-hybridized carbons (Fsp3) is 0.125. The molecule has 2 atom stereocenters. The SMILES string of the molecule is CC(C(=O)Nc1cccc(C(F)(F)F)c1)N1C(=O)c2ccccc2C1c1c(-c2ccccc2)[nH]c2ccccc12. The first kappa shape index (κ1) is 25.4. The topological polar surface area (TPSA) is 65.2 Å². The summed E-state index contributed by atoms with van der Waals surface area (Å²) in [6.07, 6.45) is -4.55. The molecule has 0 saturated carbocycles. The number of fused-ring (bicyclic) bond motifs is 2. The third kappa shape index (κ3) is 4.31. The number of rotatable bonds is 5. The number of carbonyl (C=O) groups is 2. The first-order valence-electron chi connectivity index (χ1n) is 12.8. The molecular weight excluding hydrogens is 515 g/mol. The Kier molecular flexibility index (Phi) is 6.18. The van der Waals surface area contributed by atoms with Gasteiger partial charge in [-0.3, -0.25) is 9.59 Å². The summed E-state index contributed by atoms with van der Waals surface area (Å²) in [5, 5.41) is 3.50. The van der Waals surface area contributed by atoms with Crippen molar-refractivity contribution in [3.05, 3.63) is 125 Å². The first-order valence-corrected chi connectivity index (χ1v) is 12.8. The van der Waals surface area contributed by atoms with E-state index in [1.54, 1.807) is 19.1 Å². The monoisotopic (exact) mass is 539 g/mol. The lowest BCUT2D eigenvalue weighted by Gasteiger charge is -2.31. The van der Waals surface area contributed by atoms with Gasteiger partial charge in [0.2, 0.25) is 5.91 Å². The number of aromatic nitrogens is 1. The van der Waals surface area contributed by atoms with Crippen molar-refractivity contribution in [1.82, 2.24) is 9.88 Å². The van der Waals surface area contributed by atoms with Gasteiger partial charge in [0, 0.05) is 27.7 Å². The molecule has 5 nitrogen and oxygen atoms in total. The quantitative estimate of drug-likeness (QED) is 0.244. The van der Waals surface area contributed by atoms with Crippen LogP contribution in [0, 0.1) is 0 Å². The number of amides is 2. The Hall–Kier alpha value is -4.85. The molecule has 0 saturated heterocycles. The highest BCUT2D eigenvalue weighted by molar-refractivity contribution is 6.06. The van der Waals surface area contributed by atoms with E-state index in [2.05, 4.69) is 10.3 Å². The van der Waals surface area contributed by atoms with Crippen LogP contribution in [-0.2, 0) is 11.0 Å². The van der Waals surface area contributed by atoms with Gasteiger partial charge in [-0.2, -0.15) is 13.2 Å². The van der Waals surface area contributed by atoms with Crippen molar-refractivity contribution in [3.8, 4) is 11.3 Å². The van der Waals surface area contributed by atoms with Crippen molar-refractivity contribution in [2.75, 3.05) is 5.32 Å². The highest BCUT2D eigenvalue weighted by Gasteiger charge is 2.44. The Balaban J connectivity index is 1.46. The molecule has 0 radical (unpaired) electrons. The fourth-order valence-electron chi connectivity index (χ4n) is 5.46. The molecule has 2 N–H and O–H groups in total. The summed E-state index contributed by atoms with van der Waals surface area (Å²) in [5.41, 5.74) is 3.85. The molecule has 40 heavy (non-hydrogen) atoms. The van der Waals surface area contributed by atoms with Crippen LogP contribution in [0.2, 0.25) is 0 Å². The highest BCUT2D eigenvalue weighted by atomic mass is 19.4. The minimum absolute atomic E-state index is 0.00412. The molecule has 8 heteroatoms. The molecule has 1 aliphatic rings. The second-order valence-corrected chi connectivity index (χ2v) is 9.77. The number of benzene rings is 4. The number of nitrogens with one attached hydrogen (secondary N) is 2. The molecule has 6 rings (SSSR count). The molecule has 2 heterocycles. The predicted octanol–water partition coefficient (Wildman–Crippen LogP) is 7.43. The Morgan fingerprint density at radius 2 is 1.60 bits per heavy atom. The second-order valence-electron chi connectivity index (χ2n) is 9.77. The number of hydrogen-bond donors (Lipinski definition) is 2. The average molecular weight is 540 g/mol. The molecule has 0 spiro atoms. The van der Waals surface area contributed by atoms with Crippen molar-refractivity contribution >= 4 is 28.4 Å².